The molecular weight excluding hydrogens is 230 g/mol. The van der Waals surface area contributed by atoms with Crippen LogP contribution in [-0.4, -0.2) is 6.04 Å². The summed E-state index contributed by atoms with van der Waals surface area (Å²) in [6.07, 6.45) is 7.59. The maximum Gasteiger partial charge on any atom is 0.0441 e. The molecule has 1 fully saturated rings. The fraction of sp³-hybridized carbons (Fsp3) is 0.600. The van der Waals surface area contributed by atoms with Crippen molar-refractivity contribution in [2.24, 2.45) is 11.7 Å². The molecule has 0 heterocycles. The highest BCUT2D eigenvalue weighted by Gasteiger charge is 2.18. The first-order valence-corrected chi connectivity index (χ1v) is 7.03. The molecule has 2 heteroatoms. The zero-order valence-electron chi connectivity index (χ0n) is 10.6. The Labute approximate surface area is 109 Å². The van der Waals surface area contributed by atoms with E-state index in [1.54, 1.807) is 0 Å². The number of rotatable bonds is 4. The van der Waals surface area contributed by atoms with E-state index in [1.165, 1.54) is 36.8 Å². The van der Waals surface area contributed by atoms with Crippen LogP contribution in [0.4, 0.5) is 0 Å². The van der Waals surface area contributed by atoms with Crippen LogP contribution in [-0.2, 0) is 6.42 Å². The molecule has 1 aliphatic rings. The predicted octanol–water partition coefficient (Wildman–Crippen LogP) is 4.10. The number of nitrogens with two attached hydrogens (primary N) is 1. The lowest BCUT2D eigenvalue weighted by atomic mass is 9.94. The lowest BCUT2D eigenvalue weighted by Gasteiger charge is -2.17. The van der Waals surface area contributed by atoms with Crippen molar-refractivity contribution in [1.82, 2.24) is 0 Å². The number of benzene rings is 1. The largest absolute Gasteiger partial charge is 0.327 e. The highest BCUT2D eigenvalue weighted by atomic mass is 35.5. The molecule has 0 aromatic heterocycles. The maximum absolute atomic E-state index is 6.23. The molecule has 0 saturated heterocycles. The summed E-state index contributed by atoms with van der Waals surface area (Å²) < 4.78 is 0. The van der Waals surface area contributed by atoms with Crippen molar-refractivity contribution in [3.63, 3.8) is 0 Å². The van der Waals surface area contributed by atoms with Gasteiger partial charge in [-0.15, -0.1) is 0 Å². The van der Waals surface area contributed by atoms with Gasteiger partial charge >= 0.3 is 0 Å². The number of halogens is 1. The summed E-state index contributed by atoms with van der Waals surface area (Å²) in [5.74, 6) is 0.856. The van der Waals surface area contributed by atoms with Gasteiger partial charge in [-0.25, -0.2) is 0 Å². The van der Waals surface area contributed by atoms with Crippen LogP contribution in [0, 0.1) is 12.8 Å². The van der Waals surface area contributed by atoms with Gasteiger partial charge in [0.05, 0.1) is 0 Å². The van der Waals surface area contributed by atoms with Crippen LogP contribution in [0.5, 0.6) is 0 Å². The standard InChI is InChI=1S/C15H22ClN/c1-11-6-7-13(15(16)8-11)10-14(17)9-12-4-2-3-5-12/h6-8,12,14H,2-5,9-10,17H2,1H3. The van der Waals surface area contributed by atoms with Crippen molar-refractivity contribution in [3.05, 3.63) is 34.3 Å². The average Bonchev–Trinajstić information content (AvgIpc) is 2.75. The Balaban J connectivity index is 1.90. The predicted molar refractivity (Wildman–Crippen MR) is 74.4 cm³/mol. The lowest BCUT2D eigenvalue weighted by molar-refractivity contribution is 0.440. The zero-order chi connectivity index (χ0) is 12.3. The smallest absolute Gasteiger partial charge is 0.0441 e. The van der Waals surface area contributed by atoms with Gasteiger partial charge < -0.3 is 5.73 Å². The summed E-state index contributed by atoms with van der Waals surface area (Å²) in [6, 6.07) is 6.52. The normalized spacial score (nSPS) is 18.5. The van der Waals surface area contributed by atoms with Gasteiger partial charge in [0, 0.05) is 11.1 Å². The molecule has 1 saturated carbocycles. The molecule has 0 aliphatic heterocycles. The maximum atomic E-state index is 6.23. The molecule has 1 aromatic rings. The van der Waals surface area contributed by atoms with Crippen LogP contribution in [0.1, 0.15) is 43.2 Å². The number of hydrogen-bond donors (Lipinski definition) is 1. The molecule has 0 radical (unpaired) electrons. The Bertz CT molecular complexity index is 369. The van der Waals surface area contributed by atoms with Crippen LogP contribution in [0.25, 0.3) is 0 Å². The molecular formula is C15H22ClN. The molecule has 0 spiro atoms. The van der Waals surface area contributed by atoms with Crippen molar-refractivity contribution >= 4 is 11.6 Å². The van der Waals surface area contributed by atoms with Gasteiger partial charge in [-0.1, -0.05) is 49.4 Å². The third-order valence-electron chi connectivity index (χ3n) is 3.80. The summed E-state index contributed by atoms with van der Waals surface area (Å²) in [5, 5.41) is 0.867. The van der Waals surface area contributed by atoms with Crippen molar-refractivity contribution in [1.29, 1.82) is 0 Å². The fourth-order valence-electron chi connectivity index (χ4n) is 2.86. The minimum Gasteiger partial charge on any atom is -0.327 e. The van der Waals surface area contributed by atoms with E-state index in [0.717, 1.165) is 23.8 Å². The Morgan fingerprint density at radius 2 is 2.06 bits per heavy atom. The molecule has 2 rings (SSSR count). The van der Waals surface area contributed by atoms with Crippen molar-refractivity contribution in [2.45, 2.75) is 51.5 Å². The summed E-state index contributed by atoms with van der Waals surface area (Å²) in [5.41, 5.74) is 8.64. The SMILES string of the molecule is Cc1ccc(CC(N)CC2CCCC2)c(Cl)c1. The Morgan fingerprint density at radius 3 is 2.71 bits per heavy atom. The third kappa shape index (κ3) is 3.72. The van der Waals surface area contributed by atoms with Gasteiger partial charge in [-0.2, -0.15) is 0 Å². The van der Waals surface area contributed by atoms with E-state index in [-0.39, 0.29) is 6.04 Å². The molecule has 94 valence electrons. The minimum absolute atomic E-state index is 0.262. The van der Waals surface area contributed by atoms with Crippen molar-refractivity contribution < 1.29 is 0 Å². The number of hydrogen-bond acceptors (Lipinski definition) is 1. The Morgan fingerprint density at radius 1 is 1.35 bits per heavy atom. The van der Waals surface area contributed by atoms with Gasteiger partial charge in [0.15, 0.2) is 0 Å². The van der Waals surface area contributed by atoms with E-state index in [2.05, 4.69) is 19.1 Å². The van der Waals surface area contributed by atoms with E-state index < -0.39 is 0 Å². The van der Waals surface area contributed by atoms with Gasteiger partial charge in [0.1, 0.15) is 0 Å². The Hall–Kier alpha value is -0.530. The van der Waals surface area contributed by atoms with Crippen LogP contribution in [0.2, 0.25) is 5.02 Å². The summed E-state index contributed by atoms with van der Waals surface area (Å²) in [6.45, 7) is 2.06. The van der Waals surface area contributed by atoms with Gasteiger partial charge in [-0.05, 0) is 42.9 Å². The monoisotopic (exact) mass is 251 g/mol. The molecule has 1 nitrogen and oxygen atoms in total. The lowest BCUT2D eigenvalue weighted by Crippen LogP contribution is -2.25. The van der Waals surface area contributed by atoms with Crippen LogP contribution < -0.4 is 5.73 Å². The fourth-order valence-corrected chi connectivity index (χ4v) is 3.17. The topological polar surface area (TPSA) is 26.0 Å². The molecule has 0 amide bonds. The summed E-state index contributed by atoms with van der Waals surface area (Å²) in [4.78, 5) is 0. The molecule has 17 heavy (non-hydrogen) atoms. The van der Waals surface area contributed by atoms with Gasteiger partial charge in [-0.3, -0.25) is 0 Å². The Kier molecular flexibility index (Phi) is 4.47. The van der Waals surface area contributed by atoms with E-state index in [9.17, 15) is 0 Å². The molecule has 1 unspecified atom stereocenters. The third-order valence-corrected chi connectivity index (χ3v) is 4.15. The van der Waals surface area contributed by atoms with Gasteiger partial charge in [0.25, 0.3) is 0 Å². The second-order valence-corrected chi connectivity index (χ2v) is 5.85. The molecule has 0 bridgehead atoms. The molecule has 1 aromatic carbocycles. The van der Waals surface area contributed by atoms with Gasteiger partial charge in [0.2, 0.25) is 0 Å². The molecule has 2 N–H and O–H groups in total. The first-order valence-electron chi connectivity index (χ1n) is 6.66. The quantitative estimate of drug-likeness (QED) is 0.857. The average molecular weight is 252 g/mol. The van der Waals surface area contributed by atoms with Crippen LogP contribution >= 0.6 is 11.6 Å². The van der Waals surface area contributed by atoms with Crippen LogP contribution in [0.3, 0.4) is 0 Å². The second-order valence-electron chi connectivity index (χ2n) is 5.45. The van der Waals surface area contributed by atoms with Crippen LogP contribution in [0.15, 0.2) is 18.2 Å². The summed E-state index contributed by atoms with van der Waals surface area (Å²) >= 11 is 6.23. The molecule has 1 aliphatic carbocycles. The van der Waals surface area contributed by atoms with E-state index >= 15 is 0 Å². The first-order chi connectivity index (χ1) is 8.15. The summed E-state index contributed by atoms with van der Waals surface area (Å²) in [7, 11) is 0. The highest BCUT2D eigenvalue weighted by molar-refractivity contribution is 6.31. The zero-order valence-corrected chi connectivity index (χ0v) is 11.3. The minimum atomic E-state index is 0.262. The highest BCUT2D eigenvalue weighted by Crippen LogP contribution is 2.29. The molecule has 1 atom stereocenters. The van der Waals surface area contributed by atoms with E-state index in [4.69, 9.17) is 17.3 Å². The first kappa shape index (κ1) is 12.9. The van der Waals surface area contributed by atoms with Crippen molar-refractivity contribution in [2.75, 3.05) is 0 Å². The van der Waals surface area contributed by atoms with E-state index in [0.29, 0.717) is 0 Å². The second kappa shape index (κ2) is 5.88. The van der Waals surface area contributed by atoms with Crippen molar-refractivity contribution in [3.8, 4) is 0 Å². The number of aryl methyl sites for hydroxylation is 1. The van der Waals surface area contributed by atoms with E-state index in [1.807, 2.05) is 6.07 Å².